The third-order valence-electron chi connectivity index (χ3n) is 2.05. The second-order valence-corrected chi connectivity index (χ2v) is 2.82. The van der Waals surface area contributed by atoms with Gasteiger partial charge in [-0.2, -0.15) is 0 Å². The van der Waals surface area contributed by atoms with Crippen LogP contribution in [0.5, 0.6) is 0 Å². The number of rotatable bonds is 3. The topological polar surface area (TPSA) is 47.3 Å². The van der Waals surface area contributed by atoms with Crippen LogP contribution >= 0.6 is 0 Å². The zero-order valence-electron chi connectivity index (χ0n) is 6.52. The van der Waals surface area contributed by atoms with Crippen LogP contribution in [0.3, 0.4) is 0 Å². The van der Waals surface area contributed by atoms with E-state index in [1.54, 1.807) is 0 Å². The molecule has 0 aromatic heterocycles. The van der Waals surface area contributed by atoms with Gasteiger partial charge in [-0.25, -0.2) is 0 Å². The first-order valence-corrected chi connectivity index (χ1v) is 3.86. The van der Waals surface area contributed by atoms with Crippen LogP contribution in [-0.2, 0) is 4.74 Å². The predicted molar refractivity (Wildman–Crippen MR) is 40.9 cm³/mol. The summed E-state index contributed by atoms with van der Waals surface area (Å²) in [5, 5.41) is 3.36. The van der Waals surface area contributed by atoms with Gasteiger partial charge in [-0.15, -0.1) is 0 Å². The van der Waals surface area contributed by atoms with Gasteiger partial charge in [-0.05, 0) is 13.0 Å². The molecule has 1 atom stereocenters. The molecule has 0 aliphatic carbocycles. The van der Waals surface area contributed by atoms with E-state index < -0.39 is 0 Å². The summed E-state index contributed by atoms with van der Waals surface area (Å²) in [5.74, 6) is 0. The SMILES string of the molecule is CCNC1(CN)CCOC1. The van der Waals surface area contributed by atoms with E-state index in [0.717, 1.165) is 26.2 Å². The zero-order valence-corrected chi connectivity index (χ0v) is 6.52. The number of likely N-dealkylation sites (N-methyl/N-ethyl adjacent to an activating group) is 1. The molecule has 0 bridgehead atoms. The minimum atomic E-state index is 0.0920. The first kappa shape index (κ1) is 7.98. The second-order valence-electron chi connectivity index (χ2n) is 2.82. The van der Waals surface area contributed by atoms with E-state index in [1.807, 2.05) is 0 Å². The second kappa shape index (κ2) is 3.32. The van der Waals surface area contributed by atoms with Gasteiger partial charge in [0.1, 0.15) is 0 Å². The number of nitrogens with one attached hydrogen (secondary N) is 1. The summed E-state index contributed by atoms with van der Waals surface area (Å²) in [4.78, 5) is 0. The third kappa shape index (κ3) is 1.48. The molecular weight excluding hydrogens is 128 g/mol. The number of ether oxygens (including phenoxy) is 1. The molecule has 1 unspecified atom stereocenters. The maximum Gasteiger partial charge on any atom is 0.0661 e. The van der Waals surface area contributed by atoms with Crippen molar-refractivity contribution in [2.75, 3.05) is 26.3 Å². The molecule has 10 heavy (non-hydrogen) atoms. The van der Waals surface area contributed by atoms with Gasteiger partial charge < -0.3 is 15.8 Å². The molecule has 1 aliphatic heterocycles. The Bertz CT molecular complexity index is 99.8. The van der Waals surface area contributed by atoms with Gasteiger partial charge in [0.2, 0.25) is 0 Å². The molecular formula is C7H16N2O. The molecule has 0 saturated carbocycles. The highest BCUT2D eigenvalue weighted by atomic mass is 16.5. The highest BCUT2D eigenvalue weighted by molar-refractivity contribution is 4.91. The first-order chi connectivity index (χ1) is 4.83. The maximum atomic E-state index is 5.61. The Balaban J connectivity index is 2.41. The Labute approximate surface area is 61.9 Å². The number of hydrogen-bond donors (Lipinski definition) is 2. The molecule has 0 aromatic carbocycles. The Morgan fingerprint density at radius 3 is 2.90 bits per heavy atom. The van der Waals surface area contributed by atoms with E-state index in [9.17, 15) is 0 Å². The third-order valence-corrected chi connectivity index (χ3v) is 2.05. The largest absolute Gasteiger partial charge is 0.379 e. The zero-order chi connectivity index (χ0) is 7.45. The number of nitrogens with two attached hydrogens (primary N) is 1. The molecule has 3 heteroatoms. The van der Waals surface area contributed by atoms with Crippen molar-refractivity contribution >= 4 is 0 Å². The quantitative estimate of drug-likeness (QED) is 0.572. The average Bonchev–Trinajstić information content (AvgIpc) is 2.39. The average molecular weight is 144 g/mol. The van der Waals surface area contributed by atoms with Gasteiger partial charge in [0.25, 0.3) is 0 Å². The van der Waals surface area contributed by atoms with Gasteiger partial charge in [0, 0.05) is 13.2 Å². The van der Waals surface area contributed by atoms with Crippen molar-refractivity contribution in [1.82, 2.24) is 5.32 Å². The van der Waals surface area contributed by atoms with Crippen LogP contribution in [0.25, 0.3) is 0 Å². The minimum absolute atomic E-state index is 0.0920. The Morgan fingerprint density at radius 1 is 1.70 bits per heavy atom. The first-order valence-electron chi connectivity index (χ1n) is 3.86. The summed E-state index contributed by atoms with van der Waals surface area (Å²) in [6, 6.07) is 0. The molecule has 1 fully saturated rings. The molecule has 0 spiro atoms. The van der Waals surface area contributed by atoms with Crippen LogP contribution < -0.4 is 11.1 Å². The summed E-state index contributed by atoms with van der Waals surface area (Å²) in [7, 11) is 0. The highest BCUT2D eigenvalue weighted by Crippen LogP contribution is 2.16. The summed E-state index contributed by atoms with van der Waals surface area (Å²) in [6.45, 7) is 5.37. The summed E-state index contributed by atoms with van der Waals surface area (Å²) < 4.78 is 5.26. The standard InChI is InChI=1S/C7H16N2O/c1-2-9-7(5-8)3-4-10-6-7/h9H,2-6,8H2,1H3. The lowest BCUT2D eigenvalue weighted by Crippen LogP contribution is -2.51. The summed E-state index contributed by atoms with van der Waals surface area (Å²) in [5.41, 5.74) is 5.70. The van der Waals surface area contributed by atoms with Crippen LogP contribution in [0, 0.1) is 0 Å². The highest BCUT2D eigenvalue weighted by Gasteiger charge is 2.31. The molecule has 1 aliphatic rings. The predicted octanol–water partition coefficient (Wildman–Crippen LogP) is -0.286. The minimum Gasteiger partial charge on any atom is -0.379 e. The summed E-state index contributed by atoms with van der Waals surface area (Å²) in [6.07, 6.45) is 1.05. The normalized spacial score (nSPS) is 33.0. The molecule has 0 amide bonds. The van der Waals surface area contributed by atoms with Gasteiger partial charge in [0.15, 0.2) is 0 Å². The van der Waals surface area contributed by atoms with Gasteiger partial charge in [0.05, 0.1) is 12.1 Å². The van der Waals surface area contributed by atoms with E-state index in [0.29, 0.717) is 6.54 Å². The lowest BCUT2D eigenvalue weighted by Gasteiger charge is -2.25. The lowest BCUT2D eigenvalue weighted by molar-refractivity contribution is 0.169. The smallest absolute Gasteiger partial charge is 0.0661 e. The van der Waals surface area contributed by atoms with Crippen LogP contribution in [0.4, 0.5) is 0 Å². The van der Waals surface area contributed by atoms with E-state index in [2.05, 4.69) is 12.2 Å². The van der Waals surface area contributed by atoms with E-state index in [-0.39, 0.29) is 5.54 Å². The Hall–Kier alpha value is -0.120. The van der Waals surface area contributed by atoms with E-state index in [4.69, 9.17) is 10.5 Å². The van der Waals surface area contributed by atoms with Crippen molar-refractivity contribution in [3.05, 3.63) is 0 Å². The van der Waals surface area contributed by atoms with Crippen molar-refractivity contribution in [2.45, 2.75) is 18.9 Å². The molecule has 1 rings (SSSR count). The van der Waals surface area contributed by atoms with Crippen LogP contribution in [-0.4, -0.2) is 31.8 Å². The lowest BCUT2D eigenvalue weighted by atomic mass is 9.99. The van der Waals surface area contributed by atoms with Crippen molar-refractivity contribution in [1.29, 1.82) is 0 Å². The fourth-order valence-corrected chi connectivity index (χ4v) is 1.35. The molecule has 0 radical (unpaired) electrons. The Morgan fingerprint density at radius 2 is 2.50 bits per heavy atom. The molecule has 3 nitrogen and oxygen atoms in total. The van der Waals surface area contributed by atoms with Gasteiger partial charge >= 0.3 is 0 Å². The fraction of sp³-hybridized carbons (Fsp3) is 1.00. The monoisotopic (exact) mass is 144 g/mol. The van der Waals surface area contributed by atoms with Crippen LogP contribution in [0.2, 0.25) is 0 Å². The Kier molecular flexibility index (Phi) is 2.65. The summed E-state index contributed by atoms with van der Waals surface area (Å²) >= 11 is 0. The van der Waals surface area contributed by atoms with Crippen molar-refractivity contribution < 1.29 is 4.74 Å². The number of hydrogen-bond acceptors (Lipinski definition) is 3. The molecule has 3 N–H and O–H groups in total. The molecule has 1 heterocycles. The van der Waals surface area contributed by atoms with E-state index in [1.165, 1.54) is 0 Å². The molecule has 60 valence electrons. The van der Waals surface area contributed by atoms with E-state index >= 15 is 0 Å². The van der Waals surface area contributed by atoms with Crippen LogP contribution in [0.15, 0.2) is 0 Å². The molecule has 0 aromatic rings. The van der Waals surface area contributed by atoms with Gasteiger partial charge in [-0.3, -0.25) is 0 Å². The van der Waals surface area contributed by atoms with Crippen LogP contribution in [0.1, 0.15) is 13.3 Å². The van der Waals surface area contributed by atoms with Crippen molar-refractivity contribution in [2.24, 2.45) is 5.73 Å². The maximum absolute atomic E-state index is 5.61. The molecule has 1 saturated heterocycles. The van der Waals surface area contributed by atoms with Gasteiger partial charge in [-0.1, -0.05) is 6.92 Å². The van der Waals surface area contributed by atoms with Crippen molar-refractivity contribution in [3.63, 3.8) is 0 Å². The fourth-order valence-electron chi connectivity index (χ4n) is 1.35. The van der Waals surface area contributed by atoms with Crippen molar-refractivity contribution in [3.8, 4) is 0 Å².